The molecule has 0 radical (unpaired) electrons. The third-order valence-corrected chi connectivity index (χ3v) is 8.84. The Balaban J connectivity index is 1.19. The highest BCUT2D eigenvalue weighted by Crippen LogP contribution is 2.47. The molecule has 1 saturated carbocycles. The van der Waals surface area contributed by atoms with Crippen LogP contribution in [-0.4, -0.2) is 58.6 Å². The fourth-order valence-corrected chi connectivity index (χ4v) is 6.91. The molecule has 3 aromatic rings. The summed E-state index contributed by atoms with van der Waals surface area (Å²) in [5.41, 5.74) is 3.84. The van der Waals surface area contributed by atoms with Crippen molar-refractivity contribution in [1.82, 2.24) is 19.8 Å². The molecule has 2 aliphatic heterocycles. The summed E-state index contributed by atoms with van der Waals surface area (Å²) in [5.74, 6) is 1.03. The van der Waals surface area contributed by atoms with Gasteiger partial charge in [-0.1, -0.05) is 31.0 Å². The molecule has 8 nitrogen and oxygen atoms in total. The van der Waals surface area contributed by atoms with E-state index in [-0.39, 0.29) is 35.9 Å². The van der Waals surface area contributed by atoms with Crippen molar-refractivity contribution in [3.05, 3.63) is 77.9 Å². The second kappa shape index (κ2) is 10.8. The molecule has 39 heavy (non-hydrogen) atoms. The molecule has 3 heterocycles. The smallest absolute Gasteiger partial charge is 0.251 e. The second-order valence-corrected chi connectivity index (χ2v) is 11.1. The molecule has 2 fully saturated rings. The Bertz CT molecular complexity index is 1340. The van der Waals surface area contributed by atoms with Gasteiger partial charge in [-0.05, 0) is 62.1 Å². The lowest BCUT2D eigenvalue weighted by atomic mass is 9.81. The zero-order valence-electron chi connectivity index (χ0n) is 22.7. The summed E-state index contributed by atoms with van der Waals surface area (Å²) in [7, 11) is 1.73. The topological polar surface area (TPSA) is 88.5 Å². The third kappa shape index (κ3) is 4.82. The molecule has 5 atom stereocenters. The first kappa shape index (κ1) is 25.6. The van der Waals surface area contributed by atoms with E-state index in [0.717, 1.165) is 55.8 Å². The van der Waals surface area contributed by atoms with E-state index in [4.69, 9.17) is 4.74 Å². The molecule has 3 aliphatic rings. The number of amides is 2. The molecule has 1 saturated heterocycles. The van der Waals surface area contributed by atoms with E-state index in [1.54, 1.807) is 13.3 Å². The van der Waals surface area contributed by atoms with Gasteiger partial charge in [-0.15, -0.1) is 0 Å². The van der Waals surface area contributed by atoms with Gasteiger partial charge in [0.2, 0.25) is 5.91 Å². The monoisotopic (exact) mass is 527 g/mol. The number of likely N-dealkylation sites (tertiary alicyclic amines) is 1. The van der Waals surface area contributed by atoms with Crippen LogP contribution in [0.1, 0.15) is 59.9 Å². The van der Waals surface area contributed by atoms with E-state index in [2.05, 4.69) is 38.7 Å². The molecule has 204 valence electrons. The Morgan fingerprint density at radius 3 is 2.64 bits per heavy atom. The number of para-hydroxylation sites is 1. The Hall–Kier alpha value is -3.65. The first-order chi connectivity index (χ1) is 19.0. The Morgan fingerprint density at radius 1 is 1.08 bits per heavy atom. The number of hydrogen-bond donors (Lipinski definition) is 2. The molecule has 2 aromatic carbocycles. The van der Waals surface area contributed by atoms with E-state index in [9.17, 15) is 9.59 Å². The highest BCUT2D eigenvalue weighted by atomic mass is 16.5. The minimum atomic E-state index is -0.211. The first-order valence-electron chi connectivity index (χ1n) is 14.1. The summed E-state index contributed by atoms with van der Waals surface area (Å²) in [5, 5.41) is 6.89. The predicted molar refractivity (Wildman–Crippen MR) is 150 cm³/mol. The summed E-state index contributed by atoms with van der Waals surface area (Å²) in [6.07, 6.45) is 8.26. The van der Waals surface area contributed by atoms with Gasteiger partial charge in [-0.3, -0.25) is 9.59 Å². The van der Waals surface area contributed by atoms with Crippen molar-refractivity contribution in [3.63, 3.8) is 0 Å². The Kier molecular flexibility index (Phi) is 7.12. The minimum absolute atomic E-state index is 0.0348. The van der Waals surface area contributed by atoms with Crippen molar-refractivity contribution in [2.24, 2.45) is 11.8 Å². The van der Waals surface area contributed by atoms with Crippen molar-refractivity contribution >= 4 is 17.5 Å². The van der Waals surface area contributed by atoms with Crippen LogP contribution < -0.4 is 10.6 Å². The van der Waals surface area contributed by atoms with E-state index < -0.39 is 0 Å². The summed E-state index contributed by atoms with van der Waals surface area (Å²) in [4.78, 5) is 33.9. The number of rotatable bonds is 6. The summed E-state index contributed by atoms with van der Waals surface area (Å²) in [6.45, 7) is 3.29. The van der Waals surface area contributed by atoms with Gasteiger partial charge < -0.3 is 24.8 Å². The first-order valence-corrected chi connectivity index (χ1v) is 14.1. The van der Waals surface area contributed by atoms with Gasteiger partial charge >= 0.3 is 0 Å². The van der Waals surface area contributed by atoms with Crippen LogP contribution in [0.2, 0.25) is 0 Å². The van der Waals surface area contributed by atoms with Crippen LogP contribution in [0.5, 0.6) is 0 Å². The Labute approximate surface area is 229 Å². The number of aromatic nitrogens is 2. The van der Waals surface area contributed by atoms with Crippen LogP contribution in [0.4, 0.5) is 5.69 Å². The maximum Gasteiger partial charge on any atom is 0.251 e. The highest BCUT2D eigenvalue weighted by Gasteiger charge is 2.48. The molecule has 1 aliphatic carbocycles. The molecular weight excluding hydrogens is 490 g/mol. The van der Waals surface area contributed by atoms with Gasteiger partial charge in [-0.2, -0.15) is 0 Å². The van der Waals surface area contributed by atoms with Gasteiger partial charge in [0.15, 0.2) is 0 Å². The van der Waals surface area contributed by atoms with Crippen LogP contribution in [0.15, 0.2) is 60.9 Å². The standard InChI is InChI=1S/C31H37N5O3/c1-20-32-16-18-35(20)22-13-11-21(12-14-22)30(37)34-27-10-6-4-8-25(27)31(38)36-17-15-24-28(19-39-2)33-26-9-5-3-7-23(26)29(24)36/h3,5,7,9,11-14,16,18,24-25,27-29,33H,4,6,8,10,15,17,19H2,1-2H3,(H,34,37)/t24-,25+,27-,28+,29+/m1/s1. The van der Waals surface area contributed by atoms with Crippen LogP contribution >= 0.6 is 0 Å². The van der Waals surface area contributed by atoms with Crippen LogP contribution in [0.3, 0.4) is 0 Å². The molecule has 2 N–H and O–H groups in total. The molecule has 0 spiro atoms. The number of anilines is 1. The average Bonchev–Trinajstić information content (AvgIpc) is 3.60. The van der Waals surface area contributed by atoms with Gasteiger partial charge in [0.25, 0.3) is 5.91 Å². The zero-order valence-corrected chi connectivity index (χ0v) is 22.7. The van der Waals surface area contributed by atoms with Gasteiger partial charge in [0, 0.05) is 54.9 Å². The summed E-state index contributed by atoms with van der Waals surface area (Å²) >= 11 is 0. The lowest BCUT2D eigenvalue weighted by molar-refractivity contribution is -0.139. The average molecular weight is 528 g/mol. The van der Waals surface area contributed by atoms with E-state index in [1.807, 2.05) is 48.0 Å². The van der Waals surface area contributed by atoms with Crippen LogP contribution in [0.25, 0.3) is 5.69 Å². The molecule has 6 rings (SSSR count). The highest BCUT2D eigenvalue weighted by molar-refractivity contribution is 5.95. The number of ether oxygens (including phenoxy) is 1. The molecule has 1 aromatic heterocycles. The third-order valence-electron chi connectivity index (χ3n) is 8.84. The largest absolute Gasteiger partial charge is 0.383 e. The fourth-order valence-electron chi connectivity index (χ4n) is 6.91. The minimum Gasteiger partial charge on any atom is -0.383 e. The molecule has 0 unspecified atom stereocenters. The van der Waals surface area contributed by atoms with Crippen molar-refractivity contribution in [2.45, 2.75) is 57.2 Å². The lowest BCUT2D eigenvalue weighted by Gasteiger charge is -2.41. The van der Waals surface area contributed by atoms with Crippen LogP contribution in [0, 0.1) is 18.8 Å². The number of nitrogens with zero attached hydrogens (tertiary/aromatic N) is 3. The number of aryl methyl sites for hydroxylation is 1. The lowest BCUT2D eigenvalue weighted by Crippen LogP contribution is -2.50. The number of carbonyl (C=O) groups is 2. The number of fused-ring (bicyclic) bond motifs is 3. The number of carbonyl (C=O) groups excluding carboxylic acids is 2. The zero-order chi connectivity index (χ0) is 26.9. The maximum absolute atomic E-state index is 14.2. The Morgan fingerprint density at radius 2 is 1.87 bits per heavy atom. The number of imidazole rings is 1. The van der Waals surface area contributed by atoms with Gasteiger partial charge in [0.05, 0.1) is 24.6 Å². The maximum atomic E-state index is 14.2. The van der Waals surface area contributed by atoms with Gasteiger partial charge in [-0.25, -0.2) is 4.98 Å². The molecule has 8 heteroatoms. The van der Waals surface area contributed by atoms with Crippen LogP contribution in [-0.2, 0) is 9.53 Å². The van der Waals surface area contributed by atoms with Crippen molar-refractivity contribution < 1.29 is 14.3 Å². The normalized spacial score (nSPS) is 25.9. The van der Waals surface area contributed by atoms with E-state index in [0.29, 0.717) is 18.1 Å². The van der Waals surface area contributed by atoms with Gasteiger partial charge in [0.1, 0.15) is 5.82 Å². The quantitative estimate of drug-likeness (QED) is 0.493. The number of benzene rings is 2. The van der Waals surface area contributed by atoms with E-state index >= 15 is 0 Å². The molecule has 2 amide bonds. The SMILES string of the molecule is COC[C@@H]1Nc2ccccc2[C@H]2[C@@H]1CCN2C(=O)[C@H]1CCCC[C@H]1NC(=O)c1ccc(-n2ccnc2C)cc1. The summed E-state index contributed by atoms with van der Waals surface area (Å²) in [6, 6.07) is 15.9. The predicted octanol–water partition coefficient (Wildman–Crippen LogP) is 4.50. The van der Waals surface area contributed by atoms with Crippen molar-refractivity contribution in [2.75, 3.05) is 25.6 Å². The second-order valence-electron chi connectivity index (χ2n) is 11.1. The van der Waals surface area contributed by atoms with Crippen molar-refractivity contribution in [3.8, 4) is 5.69 Å². The fraction of sp³-hybridized carbons (Fsp3) is 0.452. The number of methoxy groups -OCH3 is 1. The number of hydrogen-bond acceptors (Lipinski definition) is 5. The summed E-state index contributed by atoms with van der Waals surface area (Å²) < 4.78 is 7.52. The molecule has 0 bridgehead atoms. The number of nitrogens with one attached hydrogen (secondary N) is 2. The van der Waals surface area contributed by atoms with E-state index in [1.165, 1.54) is 5.56 Å². The van der Waals surface area contributed by atoms with Crippen molar-refractivity contribution in [1.29, 1.82) is 0 Å². The molecular formula is C31H37N5O3.